The standard InChI is InChI=1S/C19H16N2O4/c1-25-18-10-9-15(12-17(18)21(23)24)20-19(22)11-14-7-4-6-13-5-2-3-8-16(13)14/h2-10,12H,11H2,1H3,(H,20,22). The summed E-state index contributed by atoms with van der Waals surface area (Å²) in [5.41, 5.74) is 1.07. The number of methoxy groups -OCH3 is 1. The van der Waals surface area contributed by atoms with Crippen LogP contribution in [0.5, 0.6) is 5.75 Å². The van der Waals surface area contributed by atoms with Gasteiger partial charge in [0.05, 0.1) is 18.5 Å². The molecule has 1 amide bonds. The van der Waals surface area contributed by atoms with Crippen LogP contribution in [0.3, 0.4) is 0 Å². The number of nitrogens with one attached hydrogen (secondary N) is 1. The minimum atomic E-state index is -0.542. The second kappa shape index (κ2) is 7.00. The highest BCUT2D eigenvalue weighted by Gasteiger charge is 2.16. The molecule has 1 N–H and O–H groups in total. The van der Waals surface area contributed by atoms with Gasteiger partial charge in [-0.25, -0.2) is 0 Å². The van der Waals surface area contributed by atoms with E-state index in [1.165, 1.54) is 19.2 Å². The van der Waals surface area contributed by atoms with Gasteiger partial charge in [-0.15, -0.1) is 0 Å². The zero-order valence-corrected chi connectivity index (χ0v) is 13.6. The van der Waals surface area contributed by atoms with Gasteiger partial charge in [-0.1, -0.05) is 42.5 Å². The van der Waals surface area contributed by atoms with Crippen LogP contribution >= 0.6 is 0 Å². The van der Waals surface area contributed by atoms with Crippen molar-refractivity contribution in [2.75, 3.05) is 12.4 Å². The molecule has 0 aliphatic rings. The van der Waals surface area contributed by atoms with Crippen molar-refractivity contribution in [2.45, 2.75) is 6.42 Å². The average molecular weight is 336 g/mol. The van der Waals surface area contributed by atoms with Gasteiger partial charge in [0.15, 0.2) is 5.75 Å². The molecule has 0 atom stereocenters. The van der Waals surface area contributed by atoms with Crippen molar-refractivity contribution in [1.82, 2.24) is 0 Å². The van der Waals surface area contributed by atoms with Crippen molar-refractivity contribution in [3.8, 4) is 5.75 Å². The minimum Gasteiger partial charge on any atom is -0.490 e. The molecule has 0 unspecified atom stereocenters. The second-order valence-electron chi connectivity index (χ2n) is 5.51. The van der Waals surface area contributed by atoms with Crippen molar-refractivity contribution in [3.05, 3.63) is 76.3 Å². The first-order valence-corrected chi connectivity index (χ1v) is 7.67. The number of amides is 1. The molecule has 0 bridgehead atoms. The third-order valence-electron chi connectivity index (χ3n) is 3.89. The van der Waals surface area contributed by atoms with Gasteiger partial charge < -0.3 is 10.1 Å². The van der Waals surface area contributed by atoms with Gasteiger partial charge in [0, 0.05) is 11.8 Å². The first-order chi connectivity index (χ1) is 12.1. The summed E-state index contributed by atoms with van der Waals surface area (Å²) in [7, 11) is 1.36. The molecule has 126 valence electrons. The summed E-state index contributed by atoms with van der Waals surface area (Å²) in [5.74, 6) is -0.0899. The monoisotopic (exact) mass is 336 g/mol. The smallest absolute Gasteiger partial charge is 0.312 e. The topological polar surface area (TPSA) is 81.5 Å². The normalized spacial score (nSPS) is 10.4. The van der Waals surface area contributed by atoms with E-state index in [2.05, 4.69) is 5.32 Å². The SMILES string of the molecule is COc1ccc(NC(=O)Cc2cccc3ccccc23)cc1[N+](=O)[O-]. The Morgan fingerprint density at radius 2 is 1.88 bits per heavy atom. The largest absolute Gasteiger partial charge is 0.490 e. The fourth-order valence-electron chi connectivity index (χ4n) is 2.74. The lowest BCUT2D eigenvalue weighted by atomic mass is 10.0. The summed E-state index contributed by atoms with van der Waals surface area (Å²) in [6.45, 7) is 0. The Morgan fingerprint density at radius 3 is 2.64 bits per heavy atom. The lowest BCUT2D eigenvalue weighted by Gasteiger charge is -2.09. The zero-order chi connectivity index (χ0) is 17.8. The Labute approximate surface area is 144 Å². The first-order valence-electron chi connectivity index (χ1n) is 7.67. The van der Waals surface area contributed by atoms with Crippen molar-refractivity contribution in [3.63, 3.8) is 0 Å². The lowest BCUT2D eigenvalue weighted by Crippen LogP contribution is -2.14. The molecule has 0 saturated heterocycles. The van der Waals surface area contributed by atoms with Crippen molar-refractivity contribution >= 4 is 28.1 Å². The fraction of sp³-hybridized carbons (Fsp3) is 0.105. The third kappa shape index (κ3) is 3.58. The Morgan fingerprint density at radius 1 is 1.12 bits per heavy atom. The summed E-state index contributed by atoms with van der Waals surface area (Å²) >= 11 is 0. The number of rotatable bonds is 5. The Bertz CT molecular complexity index is 948. The molecule has 6 heteroatoms. The summed E-state index contributed by atoms with van der Waals surface area (Å²) in [6.07, 6.45) is 0.182. The highest BCUT2D eigenvalue weighted by molar-refractivity contribution is 5.96. The molecule has 3 rings (SSSR count). The first kappa shape index (κ1) is 16.4. The molecule has 3 aromatic rings. The van der Waals surface area contributed by atoms with Crippen molar-refractivity contribution < 1.29 is 14.5 Å². The molecule has 0 spiro atoms. The quantitative estimate of drug-likeness (QED) is 0.565. The predicted octanol–water partition coefficient (Wildman–Crippen LogP) is 3.94. The average Bonchev–Trinajstić information content (AvgIpc) is 2.62. The van der Waals surface area contributed by atoms with Gasteiger partial charge in [0.1, 0.15) is 0 Å². The van der Waals surface area contributed by atoms with Gasteiger partial charge in [0.2, 0.25) is 5.91 Å². The van der Waals surface area contributed by atoms with Crippen LogP contribution in [0.2, 0.25) is 0 Å². The van der Waals surface area contributed by atoms with Crippen molar-refractivity contribution in [2.24, 2.45) is 0 Å². The number of nitrogens with zero attached hydrogens (tertiary/aromatic N) is 1. The third-order valence-corrected chi connectivity index (χ3v) is 3.89. The molecule has 0 aliphatic heterocycles. The number of nitro groups is 1. The molecule has 0 fully saturated rings. The zero-order valence-electron chi connectivity index (χ0n) is 13.6. The van der Waals surface area contributed by atoms with Crippen LogP contribution in [0.1, 0.15) is 5.56 Å². The van der Waals surface area contributed by atoms with E-state index >= 15 is 0 Å². The Kier molecular flexibility index (Phi) is 4.61. The highest BCUT2D eigenvalue weighted by atomic mass is 16.6. The van der Waals surface area contributed by atoms with Gasteiger partial charge in [-0.2, -0.15) is 0 Å². The molecule has 0 aliphatic carbocycles. The number of ether oxygens (including phenoxy) is 1. The van der Waals surface area contributed by atoms with E-state index in [0.717, 1.165) is 16.3 Å². The maximum Gasteiger partial charge on any atom is 0.312 e. The number of nitro benzene ring substituents is 1. The molecule has 0 radical (unpaired) electrons. The summed E-state index contributed by atoms with van der Waals surface area (Å²) < 4.78 is 4.96. The number of benzene rings is 3. The lowest BCUT2D eigenvalue weighted by molar-refractivity contribution is -0.385. The Hall–Kier alpha value is -3.41. The number of hydrogen-bond donors (Lipinski definition) is 1. The van der Waals surface area contributed by atoms with Crippen LogP contribution in [0.25, 0.3) is 10.8 Å². The number of carbonyl (C=O) groups excluding carboxylic acids is 1. The minimum absolute atomic E-state index is 0.150. The van der Waals surface area contributed by atoms with E-state index in [4.69, 9.17) is 4.74 Å². The van der Waals surface area contributed by atoms with Gasteiger partial charge in [-0.3, -0.25) is 14.9 Å². The van der Waals surface area contributed by atoms with E-state index in [9.17, 15) is 14.9 Å². The van der Waals surface area contributed by atoms with E-state index < -0.39 is 4.92 Å². The molecular formula is C19H16N2O4. The predicted molar refractivity (Wildman–Crippen MR) is 95.9 cm³/mol. The number of anilines is 1. The maximum absolute atomic E-state index is 12.3. The molecule has 25 heavy (non-hydrogen) atoms. The summed E-state index contributed by atoms with van der Waals surface area (Å²) in [4.78, 5) is 22.9. The van der Waals surface area contributed by atoms with Crippen LogP contribution in [0, 0.1) is 10.1 Å². The number of fused-ring (bicyclic) bond motifs is 1. The van der Waals surface area contributed by atoms with E-state index in [1.54, 1.807) is 6.07 Å². The van der Waals surface area contributed by atoms with Crippen LogP contribution in [0.4, 0.5) is 11.4 Å². The van der Waals surface area contributed by atoms with Gasteiger partial charge in [-0.05, 0) is 28.5 Å². The molecule has 0 saturated carbocycles. The van der Waals surface area contributed by atoms with Crippen LogP contribution in [-0.4, -0.2) is 17.9 Å². The van der Waals surface area contributed by atoms with Crippen molar-refractivity contribution in [1.29, 1.82) is 0 Å². The Balaban J connectivity index is 1.81. The van der Waals surface area contributed by atoms with Gasteiger partial charge in [0.25, 0.3) is 0 Å². The molecule has 3 aromatic carbocycles. The van der Waals surface area contributed by atoms with E-state index in [1.807, 2.05) is 42.5 Å². The van der Waals surface area contributed by atoms with E-state index in [0.29, 0.717) is 5.69 Å². The number of hydrogen-bond acceptors (Lipinski definition) is 4. The maximum atomic E-state index is 12.3. The van der Waals surface area contributed by atoms with Crippen LogP contribution in [0.15, 0.2) is 60.7 Å². The summed E-state index contributed by atoms with van der Waals surface area (Å²) in [5, 5.41) is 15.8. The van der Waals surface area contributed by atoms with E-state index in [-0.39, 0.29) is 23.8 Å². The van der Waals surface area contributed by atoms with Crippen LogP contribution in [-0.2, 0) is 11.2 Å². The fourth-order valence-corrected chi connectivity index (χ4v) is 2.74. The molecule has 0 aromatic heterocycles. The van der Waals surface area contributed by atoms with Gasteiger partial charge >= 0.3 is 5.69 Å². The molecule has 0 heterocycles. The van der Waals surface area contributed by atoms with Crippen LogP contribution < -0.4 is 10.1 Å². The number of carbonyl (C=O) groups is 1. The molecular weight excluding hydrogens is 320 g/mol. The molecule has 6 nitrogen and oxygen atoms in total. The highest BCUT2D eigenvalue weighted by Crippen LogP contribution is 2.29. The second-order valence-corrected chi connectivity index (χ2v) is 5.51. The summed E-state index contributed by atoms with van der Waals surface area (Å²) in [6, 6.07) is 18.0.